The first-order valence-corrected chi connectivity index (χ1v) is 1.75. The van der Waals surface area contributed by atoms with E-state index >= 15 is 0 Å². The van der Waals surface area contributed by atoms with Crippen LogP contribution >= 0.6 is 0 Å². The molecule has 1 N–H and O–H groups in total. The Hall–Kier alpha value is 0.266. The van der Waals surface area contributed by atoms with Crippen molar-refractivity contribution in [3.8, 4) is 0 Å². The summed E-state index contributed by atoms with van der Waals surface area (Å²) in [5.41, 5.74) is 0. The van der Waals surface area contributed by atoms with Crippen LogP contribution in [0.25, 0.3) is 0 Å². The second-order valence-electron chi connectivity index (χ2n) is 0.553. The molecule has 0 aliphatic heterocycles. The summed E-state index contributed by atoms with van der Waals surface area (Å²) < 4.78 is 3.29. The van der Waals surface area contributed by atoms with Crippen LogP contribution in [0.3, 0.4) is 0 Å². The van der Waals surface area contributed by atoms with Crippen molar-refractivity contribution in [3.05, 3.63) is 0 Å². The van der Waals surface area contributed by atoms with Crippen molar-refractivity contribution in [2.75, 3.05) is 13.2 Å². The van der Waals surface area contributed by atoms with Gasteiger partial charge in [0.1, 0.15) is 0 Å². The third-order valence-electron chi connectivity index (χ3n) is 0.175. The topological polar surface area (TPSA) is 32.6 Å². The molecule has 0 radical (unpaired) electrons. The molecule has 0 heterocycles. The Morgan fingerprint density at radius 1 is 1.80 bits per heavy atom. The van der Waals surface area contributed by atoms with Crippen LogP contribution in [0, 0.1) is 0 Å². The predicted molar refractivity (Wildman–Crippen MR) is 14.4 cm³/mol. The van der Waals surface area contributed by atoms with E-state index in [1.54, 1.807) is 0 Å². The van der Waals surface area contributed by atoms with E-state index in [-0.39, 0.29) is 6.61 Å². The van der Waals surface area contributed by atoms with Crippen LogP contribution in [-0.4, -0.2) is 18.3 Å². The van der Waals surface area contributed by atoms with Gasteiger partial charge in [0.15, 0.2) is 0 Å². The van der Waals surface area contributed by atoms with E-state index in [0.29, 0.717) is 6.54 Å². The van der Waals surface area contributed by atoms with Gasteiger partial charge in [0, 0.05) is 0 Å². The van der Waals surface area contributed by atoms with Crippen molar-refractivity contribution < 1.29 is 20.6 Å². The third kappa shape index (κ3) is 4.27. The summed E-state index contributed by atoms with van der Waals surface area (Å²) in [6.07, 6.45) is 0. The molecular formula is C2H5CoNO. The van der Waals surface area contributed by atoms with E-state index in [0.717, 1.165) is 0 Å². The fourth-order valence-corrected chi connectivity index (χ4v) is 0.137. The fraction of sp³-hybridized carbons (Fsp3) is 1.00. The molecule has 0 aromatic carbocycles. The summed E-state index contributed by atoms with van der Waals surface area (Å²) in [4.78, 5) is 0. The van der Waals surface area contributed by atoms with Crippen molar-refractivity contribution >= 4 is 0 Å². The van der Waals surface area contributed by atoms with Gasteiger partial charge in [-0.2, -0.15) is 0 Å². The number of hydrogen-bond donors (Lipinski definition) is 1. The number of hydrogen-bond acceptors (Lipinski definition) is 2. The van der Waals surface area contributed by atoms with E-state index in [9.17, 15) is 0 Å². The monoisotopic (exact) mass is 118 g/mol. The molecule has 0 bridgehead atoms. The minimum absolute atomic E-state index is 0.0990. The van der Waals surface area contributed by atoms with E-state index < -0.39 is 0 Å². The van der Waals surface area contributed by atoms with Gasteiger partial charge in [-0.05, 0) is 0 Å². The van der Waals surface area contributed by atoms with Crippen molar-refractivity contribution in [2.24, 2.45) is 4.00 Å². The summed E-state index contributed by atoms with van der Waals surface area (Å²) in [7, 11) is 0. The molecule has 0 rings (SSSR count). The average Bonchev–Trinajstić information content (AvgIpc) is 1.41. The van der Waals surface area contributed by atoms with Gasteiger partial charge in [0.2, 0.25) is 0 Å². The Kier molecular flexibility index (Phi) is 4.49. The molecule has 0 amide bonds. The molecular weight excluding hydrogens is 113 g/mol. The van der Waals surface area contributed by atoms with Crippen molar-refractivity contribution in [1.82, 2.24) is 0 Å². The Morgan fingerprint density at radius 3 is 2.40 bits per heavy atom. The Labute approximate surface area is 38.6 Å². The Bertz CT molecular complexity index is 30.8. The number of rotatable bonds is 2. The molecule has 0 aromatic rings. The zero-order chi connectivity index (χ0) is 4.12. The minimum atomic E-state index is 0.0990. The van der Waals surface area contributed by atoms with E-state index in [1.807, 2.05) is 0 Å². The molecule has 5 heavy (non-hydrogen) atoms. The quantitative estimate of drug-likeness (QED) is 0.530. The normalized spacial score (nSPS) is 7.60. The van der Waals surface area contributed by atoms with Gasteiger partial charge < -0.3 is 0 Å². The van der Waals surface area contributed by atoms with Crippen LogP contribution in [0.2, 0.25) is 0 Å². The van der Waals surface area contributed by atoms with E-state index in [4.69, 9.17) is 5.11 Å². The zero-order valence-corrected chi connectivity index (χ0v) is 3.68. The molecule has 33 valence electrons. The van der Waals surface area contributed by atoms with Gasteiger partial charge in [0.05, 0.1) is 0 Å². The van der Waals surface area contributed by atoms with Crippen LogP contribution in [0.1, 0.15) is 0 Å². The van der Waals surface area contributed by atoms with Crippen molar-refractivity contribution in [2.45, 2.75) is 0 Å². The van der Waals surface area contributed by atoms with Gasteiger partial charge in [-0.15, -0.1) is 0 Å². The summed E-state index contributed by atoms with van der Waals surface area (Å²) in [5, 5.41) is 7.92. The second-order valence-corrected chi connectivity index (χ2v) is 0.882. The van der Waals surface area contributed by atoms with E-state index in [1.165, 1.54) is 0 Å². The van der Waals surface area contributed by atoms with E-state index in [2.05, 4.69) is 19.5 Å². The Morgan fingerprint density at radius 2 is 2.40 bits per heavy atom. The summed E-state index contributed by atoms with van der Waals surface area (Å²) >= 11 is 3.51. The number of nitrogens with zero attached hydrogens (tertiary/aromatic N) is 1. The average molecular weight is 118 g/mol. The van der Waals surface area contributed by atoms with Gasteiger partial charge in [-0.1, -0.05) is 0 Å². The summed E-state index contributed by atoms with van der Waals surface area (Å²) in [6.45, 7) is 0.530. The standard InChI is InChI=1S/C2H5NO.Co/c3-1-2-4;/h4H,1-2H2;. The summed E-state index contributed by atoms with van der Waals surface area (Å²) in [5.74, 6) is 0. The third-order valence-corrected chi connectivity index (χ3v) is 0.407. The SMILES string of the molecule is OCC[N]=[Co]. The first-order chi connectivity index (χ1) is 2.41. The van der Waals surface area contributed by atoms with Gasteiger partial charge >= 0.3 is 37.8 Å². The zero-order valence-electron chi connectivity index (χ0n) is 2.64. The van der Waals surface area contributed by atoms with Crippen LogP contribution < -0.4 is 0 Å². The molecule has 0 atom stereocenters. The molecule has 0 fully saturated rings. The molecule has 0 spiro atoms. The van der Waals surface area contributed by atoms with Crippen LogP contribution in [0.5, 0.6) is 0 Å². The molecule has 2 nitrogen and oxygen atoms in total. The van der Waals surface area contributed by atoms with Gasteiger partial charge in [-0.25, -0.2) is 0 Å². The van der Waals surface area contributed by atoms with Crippen LogP contribution in [0.4, 0.5) is 0 Å². The first-order valence-electron chi connectivity index (χ1n) is 1.28. The molecule has 0 saturated carbocycles. The van der Waals surface area contributed by atoms with Gasteiger partial charge in [0.25, 0.3) is 0 Å². The van der Waals surface area contributed by atoms with Crippen molar-refractivity contribution in [1.29, 1.82) is 0 Å². The maximum atomic E-state index is 7.92. The second kappa shape index (κ2) is 4.27. The molecule has 0 unspecified atom stereocenters. The van der Waals surface area contributed by atoms with Gasteiger partial charge in [-0.3, -0.25) is 0 Å². The van der Waals surface area contributed by atoms with Crippen LogP contribution in [-0.2, 0) is 15.5 Å². The molecule has 0 saturated heterocycles. The number of aliphatic hydroxyl groups is 1. The summed E-state index contributed by atoms with van der Waals surface area (Å²) in [6, 6.07) is 0. The molecule has 0 aliphatic rings. The number of aliphatic hydroxyl groups excluding tert-OH is 1. The fourth-order valence-electron chi connectivity index (χ4n) is 0.0333. The van der Waals surface area contributed by atoms with Crippen molar-refractivity contribution in [3.63, 3.8) is 0 Å². The molecule has 0 aliphatic carbocycles. The maximum absolute atomic E-state index is 7.92. The Balaban J connectivity index is 2.40. The molecule has 0 aromatic heterocycles. The predicted octanol–water partition coefficient (Wildman–Crippen LogP) is -0.291. The van der Waals surface area contributed by atoms with Crippen LogP contribution in [0.15, 0.2) is 4.00 Å². The first kappa shape index (κ1) is 5.27. The molecule has 3 heteroatoms.